The van der Waals surface area contributed by atoms with Crippen molar-refractivity contribution in [1.82, 2.24) is 21.1 Å². The molecule has 0 bridgehead atoms. The van der Waals surface area contributed by atoms with Gasteiger partial charge in [0.05, 0.1) is 23.6 Å². The number of hydroxylamine groups is 1. The van der Waals surface area contributed by atoms with Gasteiger partial charge in [-0.15, -0.1) is 0 Å². The predicted octanol–water partition coefficient (Wildman–Crippen LogP) is 3.18. The molecule has 6 atom stereocenters. The summed E-state index contributed by atoms with van der Waals surface area (Å²) in [5.41, 5.74) is 9.16. The zero-order valence-corrected chi connectivity index (χ0v) is 21.9. The van der Waals surface area contributed by atoms with Crippen LogP contribution in [-0.2, 0) is 9.57 Å². The van der Waals surface area contributed by atoms with E-state index in [1.165, 1.54) is 5.70 Å². The average Bonchev–Trinajstić information content (AvgIpc) is 3.44. The molecule has 8 nitrogen and oxygen atoms in total. The maximum absolute atomic E-state index is 6.09. The molecule has 0 spiro atoms. The van der Waals surface area contributed by atoms with Crippen LogP contribution in [0.15, 0.2) is 75.7 Å². The van der Waals surface area contributed by atoms with Crippen LogP contribution in [-0.4, -0.2) is 62.1 Å². The fourth-order valence-corrected chi connectivity index (χ4v) is 5.98. The Morgan fingerprint density at radius 3 is 2.72 bits per heavy atom. The highest BCUT2D eigenvalue weighted by Gasteiger charge is 2.47. The van der Waals surface area contributed by atoms with Crippen molar-refractivity contribution in [2.24, 2.45) is 27.8 Å². The molecular weight excluding hydrogens is 452 g/mol. The molecule has 3 heterocycles. The van der Waals surface area contributed by atoms with Gasteiger partial charge in [-0.05, 0) is 27.2 Å². The van der Waals surface area contributed by atoms with E-state index in [0.717, 1.165) is 46.9 Å². The molecule has 0 saturated carbocycles. The van der Waals surface area contributed by atoms with Gasteiger partial charge in [-0.25, -0.2) is 0 Å². The second-order valence-corrected chi connectivity index (χ2v) is 10.1. The number of nitrogens with zero attached hydrogens (tertiary/aromatic N) is 3. The van der Waals surface area contributed by atoms with E-state index >= 15 is 0 Å². The van der Waals surface area contributed by atoms with Gasteiger partial charge in [-0.1, -0.05) is 43.0 Å². The first kappa shape index (κ1) is 24.7. The van der Waals surface area contributed by atoms with Gasteiger partial charge in [-0.3, -0.25) is 14.8 Å². The zero-order valence-electron chi connectivity index (χ0n) is 21.9. The second-order valence-electron chi connectivity index (χ2n) is 10.1. The molecule has 1 aromatic rings. The monoisotopic (exact) mass is 490 g/mol. The van der Waals surface area contributed by atoms with E-state index < -0.39 is 0 Å². The highest BCUT2D eigenvalue weighted by Crippen LogP contribution is 2.45. The van der Waals surface area contributed by atoms with E-state index in [4.69, 9.17) is 19.7 Å². The second kappa shape index (κ2) is 10.2. The Morgan fingerprint density at radius 2 is 2.06 bits per heavy atom. The van der Waals surface area contributed by atoms with Gasteiger partial charge in [0.1, 0.15) is 12.5 Å². The van der Waals surface area contributed by atoms with Crippen LogP contribution in [0.1, 0.15) is 32.8 Å². The Labute approximate surface area is 214 Å². The third kappa shape index (κ3) is 4.38. The third-order valence-electron chi connectivity index (χ3n) is 7.93. The molecule has 192 valence electrons. The lowest BCUT2D eigenvalue weighted by atomic mass is 9.71. The fraction of sp³-hybridized carbons (Fsp3) is 0.500. The van der Waals surface area contributed by atoms with Crippen LogP contribution >= 0.6 is 0 Å². The maximum Gasteiger partial charge on any atom is 0.110 e. The summed E-state index contributed by atoms with van der Waals surface area (Å²) in [5, 5.41) is 14.0. The van der Waals surface area contributed by atoms with E-state index in [9.17, 15) is 0 Å². The summed E-state index contributed by atoms with van der Waals surface area (Å²) in [7, 11) is 3.80. The van der Waals surface area contributed by atoms with Gasteiger partial charge in [0.25, 0.3) is 0 Å². The molecule has 8 heteroatoms. The largest absolute Gasteiger partial charge is 0.381 e. The van der Waals surface area contributed by atoms with Crippen molar-refractivity contribution in [2.75, 3.05) is 27.4 Å². The fourth-order valence-electron chi connectivity index (χ4n) is 5.98. The molecular formula is C28H38N6O2. The number of rotatable bonds is 7. The van der Waals surface area contributed by atoms with Gasteiger partial charge < -0.3 is 15.4 Å². The Bertz CT molecular complexity index is 1110. The summed E-state index contributed by atoms with van der Waals surface area (Å²) in [6.07, 6.45) is 3.44. The number of hydrazone groups is 1. The summed E-state index contributed by atoms with van der Waals surface area (Å²) in [5.74, 6) is 1.76. The topological polar surface area (TPSA) is 82.5 Å². The van der Waals surface area contributed by atoms with Crippen LogP contribution in [0.5, 0.6) is 0 Å². The van der Waals surface area contributed by atoms with Crippen molar-refractivity contribution in [3.63, 3.8) is 0 Å². The number of ether oxygens (including phenoxy) is 1. The number of aliphatic imine (C=N–C) groups is 1. The number of allylic oxidation sites excluding steroid dienone is 2. The van der Waals surface area contributed by atoms with E-state index in [0.29, 0.717) is 12.6 Å². The van der Waals surface area contributed by atoms with E-state index in [2.05, 4.69) is 61.7 Å². The van der Waals surface area contributed by atoms with Gasteiger partial charge >= 0.3 is 0 Å². The molecule has 1 aliphatic carbocycles. The van der Waals surface area contributed by atoms with Crippen molar-refractivity contribution >= 4 is 11.4 Å². The highest BCUT2D eigenvalue weighted by molar-refractivity contribution is 6.34. The van der Waals surface area contributed by atoms with Crippen LogP contribution < -0.4 is 16.1 Å². The number of nitrogens with one attached hydrogen (secondary N) is 3. The molecule has 0 aromatic heterocycles. The van der Waals surface area contributed by atoms with Gasteiger partial charge in [0, 0.05) is 66.9 Å². The van der Waals surface area contributed by atoms with Crippen molar-refractivity contribution in [3.05, 3.63) is 71.2 Å². The smallest absolute Gasteiger partial charge is 0.110 e. The highest BCUT2D eigenvalue weighted by atomic mass is 16.7. The lowest BCUT2D eigenvalue weighted by molar-refractivity contribution is -0.00353. The Balaban J connectivity index is 1.49. The normalized spacial score (nSPS) is 31.6. The minimum absolute atomic E-state index is 0.0794. The van der Waals surface area contributed by atoms with Gasteiger partial charge in [-0.2, -0.15) is 10.6 Å². The number of methoxy groups -OCH3 is 1. The lowest BCUT2D eigenvalue weighted by Crippen LogP contribution is -2.42. The lowest BCUT2D eigenvalue weighted by Gasteiger charge is -2.37. The summed E-state index contributed by atoms with van der Waals surface area (Å²) in [6.45, 7) is 12.2. The summed E-state index contributed by atoms with van der Waals surface area (Å²) >= 11 is 0. The minimum Gasteiger partial charge on any atom is -0.381 e. The Morgan fingerprint density at radius 1 is 1.28 bits per heavy atom. The van der Waals surface area contributed by atoms with Crippen LogP contribution in [0.2, 0.25) is 0 Å². The van der Waals surface area contributed by atoms with Crippen LogP contribution in [0.4, 0.5) is 0 Å². The number of hydrogen-bond acceptors (Lipinski definition) is 8. The SMILES string of the molecule is C=C(C1=NCNC2=C1[C@@H]1CC(OC)[C@H]([C@@H]3C(C)ON[C@@H]3C)C=C1N2)/C(=N\N(C)CC)c1ccccc1. The maximum atomic E-state index is 6.09. The third-order valence-corrected chi connectivity index (χ3v) is 7.93. The standard InChI is InChI=1S/C28H38N6O2/c1-7-34(5)32-26(19-11-9-8-10-12-19)16(2)27-25-20-14-23(35-6)21(24-17(3)33-36-18(24)4)13-22(20)31-28(25)30-15-29-27/h8-13,17-18,20-21,23-24,30-31,33H,2,7,14-15H2,1,3-6H3/b32-26+/t17-,18?,20-,21-,23?,24+/m1/s1. The molecule has 2 unspecified atom stereocenters. The molecule has 1 aromatic carbocycles. The van der Waals surface area contributed by atoms with E-state index in [-0.39, 0.29) is 30.1 Å². The van der Waals surface area contributed by atoms with Crippen LogP contribution in [0.3, 0.4) is 0 Å². The zero-order chi connectivity index (χ0) is 25.4. The first-order valence-corrected chi connectivity index (χ1v) is 12.9. The van der Waals surface area contributed by atoms with Crippen molar-refractivity contribution in [1.29, 1.82) is 0 Å². The average molecular weight is 491 g/mol. The molecule has 0 amide bonds. The summed E-state index contributed by atoms with van der Waals surface area (Å²) < 4.78 is 6.09. The van der Waals surface area contributed by atoms with Crippen LogP contribution in [0.25, 0.3) is 0 Å². The quantitative estimate of drug-likeness (QED) is 0.402. The Kier molecular flexibility index (Phi) is 7.01. The first-order chi connectivity index (χ1) is 17.4. The first-order valence-electron chi connectivity index (χ1n) is 12.9. The van der Waals surface area contributed by atoms with Crippen molar-refractivity contribution in [3.8, 4) is 0 Å². The van der Waals surface area contributed by atoms with Gasteiger partial charge in [0.15, 0.2) is 0 Å². The molecule has 3 aliphatic heterocycles. The molecule has 1 fully saturated rings. The Hall–Kier alpha value is -2.94. The van der Waals surface area contributed by atoms with Gasteiger partial charge in [0.2, 0.25) is 0 Å². The summed E-state index contributed by atoms with van der Waals surface area (Å²) in [6, 6.07) is 10.5. The molecule has 36 heavy (non-hydrogen) atoms. The number of hydrogen-bond donors (Lipinski definition) is 3. The molecule has 1 saturated heterocycles. The minimum atomic E-state index is 0.0794. The van der Waals surface area contributed by atoms with Crippen molar-refractivity contribution < 1.29 is 9.57 Å². The number of fused-ring (bicyclic) bond motifs is 2. The van der Waals surface area contributed by atoms with Crippen molar-refractivity contribution in [2.45, 2.75) is 45.4 Å². The van der Waals surface area contributed by atoms with E-state index in [1.54, 1.807) is 0 Å². The number of benzene rings is 1. The molecule has 0 radical (unpaired) electrons. The summed E-state index contributed by atoms with van der Waals surface area (Å²) in [4.78, 5) is 10.7. The molecule has 5 rings (SSSR count). The predicted molar refractivity (Wildman–Crippen MR) is 143 cm³/mol. The molecule has 4 aliphatic rings. The van der Waals surface area contributed by atoms with E-state index in [1.807, 2.05) is 37.4 Å². The molecule has 3 N–H and O–H groups in total. The van der Waals surface area contributed by atoms with Crippen LogP contribution in [0, 0.1) is 17.8 Å².